The monoisotopic (exact) mass is 368 g/mol. The molecule has 4 N–H and O–H groups in total. The molecule has 2 rings (SSSR count). The summed E-state index contributed by atoms with van der Waals surface area (Å²) < 4.78 is 15.7. The van der Waals surface area contributed by atoms with E-state index in [1.807, 2.05) is 30.3 Å². The van der Waals surface area contributed by atoms with Crippen LogP contribution in [-0.2, 0) is 19.0 Å². The summed E-state index contributed by atoms with van der Waals surface area (Å²) in [6, 6.07) is 9.25. The number of hydrogen-bond acceptors (Lipinski definition) is 8. The number of aliphatic hydroxyl groups is 4. The highest BCUT2D eigenvalue weighted by molar-refractivity contribution is 5.87. The first-order valence-corrected chi connectivity index (χ1v) is 8.28. The van der Waals surface area contributed by atoms with Gasteiger partial charge in [0.05, 0.1) is 12.7 Å². The van der Waals surface area contributed by atoms with Crippen molar-refractivity contribution >= 4 is 12.0 Å². The Bertz CT molecular complexity index is 588. The molecule has 1 aromatic rings. The van der Waals surface area contributed by atoms with E-state index in [0.717, 1.165) is 5.56 Å². The number of hydrogen-bond donors (Lipinski definition) is 4. The van der Waals surface area contributed by atoms with E-state index in [4.69, 9.17) is 19.3 Å². The van der Waals surface area contributed by atoms with Crippen molar-refractivity contribution in [3.8, 4) is 0 Å². The van der Waals surface area contributed by atoms with Crippen LogP contribution < -0.4 is 0 Å². The molecule has 0 aliphatic carbocycles. The van der Waals surface area contributed by atoms with Crippen molar-refractivity contribution < 1.29 is 39.4 Å². The van der Waals surface area contributed by atoms with Crippen molar-refractivity contribution in [2.24, 2.45) is 0 Å². The third-order valence-electron chi connectivity index (χ3n) is 3.89. The van der Waals surface area contributed by atoms with Crippen LogP contribution in [0.2, 0.25) is 0 Å². The summed E-state index contributed by atoms with van der Waals surface area (Å²) in [5.41, 5.74) is 0.857. The summed E-state index contributed by atoms with van der Waals surface area (Å²) in [5, 5.41) is 38.5. The van der Waals surface area contributed by atoms with Crippen LogP contribution in [0.1, 0.15) is 12.5 Å². The molecule has 0 amide bonds. The molecule has 8 nitrogen and oxygen atoms in total. The van der Waals surface area contributed by atoms with Crippen LogP contribution in [0, 0.1) is 0 Å². The van der Waals surface area contributed by atoms with E-state index in [9.17, 15) is 20.1 Å². The van der Waals surface area contributed by atoms with Gasteiger partial charge >= 0.3 is 5.97 Å². The Morgan fingerprint density at radius 3 is 2.54 bits per heavy atom. The zero-order chi connectivity index (χ0) is 19.1. The van der Waals surface area contributed by atoms with Crippen LogP contribution in [-0.4, -0.2) is 76.4 Å². The van der Waals surface area contributed by atoms with Gasteiger partial charge in [-0.25, -0.2) is 4.79 Å². The fourth-order valence-electron chi connectivity index (χ4n) is 2.42. The molecule has 1 aliphatic rings. The Hall–Kier alpha value is -1.81. The maximum Gasteiger partial charge on any atom is 0.330 e. The second-order valence-corrected chi connectivity index (χ2v) is 6.02. The first kappa shape index (κ1) is 20.5. The third kappa shape index (κ3) is 5.60. The molecular formula is C18H24O8. The van der Waals surface area contributed by atoms with E-state index < -0.39 is 49.4 Å². The lowest BCUT2D eigenvalue weighted by Crippen LogP contribution is -2.59. The molecule has 144 valence electrons. The molecule has 1 aliphatic heterocycles. The van der Waals surface area contributed by atoms with Gasteiger partial charge < -0.3 is 34.6 Å². The summed E-state index contributed by atoms with van der Waals surface area (Å²) in [6.07, 6.45) is -4.53. The second kappa shape index (κ2) is 9.77. The van der Waals surface area contributed by atoms with E-state index in [-0.39, 0.29) is 6.61 Å². The van der Waals surface area contributed by atoms with Gasteiger partial charge in [-0.2, -0.15) is 0 Å². The van der Waals surface area contributed by atoms with Crippen LogP contribution in [0.4, 0.5) is 0 Å². The van der Waals surface area contributed by atoms with E-state index >= 15 is 0 Å². The van der Waals surface area contributed by atoms with Gasteiger partial charge in [-0.3, -0.25) is 0 Å². The Kier molecular flexibility index (Phi) is 7.70. The third-order valence-corrected chi connectivity index (χ3v) is 3.89. The maximum absolute atomic E-state index is 11.7. The Morgan fingerprint density at radius 2 is 1.88 bits per heavy atom. The van der Waals surface area contributed by atoms with Crippen molar-refractivity contribution in [1.82, 2.24) is 0 Å². The van der Waals surface area contributed by atoms with Crippen LogP contribution in [0.15, 0.2) is 36.4 Å². The van der Waals surface area contributed by atoms with E-state index in [1.165, 1.54) is 6.08 Å². The standard InChI is InChI=1S/C18H24O8/c1-11(10-24-14(20)8-7-12-5-3-2-4-6-12)25-18-17(23)16(22)15(21)13(9-19)26-18/h2-8,11,13,15-19,21-23H,9-10H2,1H3/b8-7+/t11-,13+,15+,16-,17+,18+/m0/s1. The van der Waals surface area contributed by atoms with Crippen molar-refractivity contribution in [3.05, 3.63) is 42.0 Å². The quantitative estimate of drug-likeness (QED) is 0.373. The average molecular weight is 368 g/mol. The minimum absolute atomic E-state index is 0.104. The zero-order valence-corrected chi connectivity index (χ0v) is 14.3. The van der Waals surface area contributed by atoms with Gasteiger partial charge in [0.2, 0.25) is 0 Å². The topological polar surface area (TPSA) is 126 Å². The molecule has 0 bridgehead atoms. The van der Waals surface area contributed by atoms with Crippen molar-refractivity contribution in [3.63, 3.8) is 0 Å². The van der Waals surface area contributed by atoms with E-state index in [1.54, 1.807) is 13.0 Å². The highest BCUT2D eigenvalue weighted by Crippen LogP contribution is 2.22. The molecule has 1 heterocycles. The van der Waals surface area contributed by atoms with Crippen LogP contribution in [0.3, 0.4) is 0 Å². The molecule has 0 saturated carbocycles. The highest BCUT2D eigenvalue weighted by Gasteiger charge is 2.44. The highest BCUT2D eigenvalue weighted by atomic mass is 16.7. The molecule has 0 unspecified atom stereocenters. The fraction of sp³-hybridized carbons (Fsp3) is 0.500. The number of carbonyl (C=O) groups is 1. The lowest BCUT2D eigenvalue weighted by Gasteiger charge is -2.40. The van der Waals surface area contributed by atoms with Crippen LogP contribution >= 0.6 is 0 Å². The van der Waals surface area contributed by atoms with Crippen molar-refractivity contribution in [2.75, 3.05) is 13.2 Å². The number of aliphatic hydroxyl groups excluding tert-OH is 4. The number of benzene rings is 1. The summed E-state index contributed by atoms with van der Waals surface area (Å²) in [6.45, 7) is 0.946. The van der Waals surface area contributed by atoms with E-state index in [0.29, 0.717) is 0 Å². The van der Waals surface area contributed by atoms with Crippen LogP contribution in [0.5, 0.6) is 0 Å². The molecular weight excluding hydrogens is 344 g/mol. The molecule has 6 atom stereocenters. The number of carbonyl (C=O) groups excluding carboxylic acids is 1. The number of rotatable bonds is 7. The largest absolute Gasteiger partial charge is 0.460 e. The Labute approximate surface area is 151 Å². The molecule has 8 heteroatoms. The van der Waals surface area contributed by atoms with Gasteiger partial charge in [0.25, 0.3) is 0 Å². The SMILES string of the molecule is C[C@@H](COC(=O)/C=C/c1ccccc1)O[C@@H]1O[C@H](CO)[C@@H](O)[C@H](O)[C@H]1O. The fourth-order valence-corrected chi connectivity index (χ4v) is 2.42. The molecule has 26 heavy (non-hydrogen) atoms. The molecule has 0 aromatic heterocycles. The van der Waals surface area contributed by atoms with Gasteiger partial charge in [0.15, 0.2) is 6.29 Å². The van der Waals surface area contributed by atoms with Crippen LogP contribution in [0.25, 0.3) is 6.08 Å². The molecule has 0 spiro atoms. The maximum atomic E-state index is 11.7. The van der Waals surface area contributed by atoms with Gasteiger partial charge in [0, 0.05) is 6.08 Å². The molecule has 1 fully saturated rings. The van der Waals surface area contributed by atoms with Gasteiger partial charge in [-0.1, -0.05) is 30.3 Å². The van der Waals surface area contributed by atoms with Crippen molar-refractivity contribution in [2.45, 2.75) is 43.7 Å². The predicted molar refractivity (Wildman–Crippen MR) is 90.7 cm³/mol. The molecule has 1 saturated heterocycles. The van der Waals surface area contributed by atoms with Gasteiger partial charge in [0.1, 0.15) is 31.0 Å². The Morgan fingerprint density at radius 1 is 1.19 bits per heavy atom. The van der Waals surface area contributed by atoms with E-state index in [2.05, 4.69) is 0 Å². The average Bonchev–Trinajstić information content (AvgIpc) is 2.66. The molecule has 0 radical (unpaired) electrons. The molecule has 1 aromatic carbocycles. The number of esters is 1. The minimum Gasteiger partial charge on any atom is -0.460 e. The Balaban J connectivity index is 1.79. The predicted octanol–water partition coefficient (Wildman–Crippen LogP) is -0.552. The first-order chi connectivity index (χ1) is 12.4. The minimum atomic E-state index is -1.52. The summed E-state index contributed by atoms with van der Waals surface area (Å²) >= 11 is 0. The number of ether oxygens (including phenoxy) is 3. The lowest BCUT2D eigenvalue weighted by molar-refractivity contribution is -0.311. The van der Waals surface area contributed by atoms with Gasteiger partial charge in [-0.15, -0.1) is 0 Å². The summed E-state index contributed by atoms with van der Waals surface area (Å²) in [7, 11) is 0. The second-order valence-electron chi connectivity index (χ2n) is 6.02. The first-order valence-electron chi connectivity index (χ1n) is 8.28. The zero-order valence-electron chi connectivity index (χ0n) is 14.3. The lowest BCUT2D eigenvalue weighted by atomic mass is 9.99. The van der Waals surface area contributed by atoms with Crippen molar-refractivity contribution in [1.29, 1.82) is 0 Å². The smallest absolute Gasteiger partial charge is 0.330 e. The van der Waals surface area contributed by atoms with Gasteiger partial charge in [-0.05, 0) is 18.6 Å². The normalized spacial score (nSPS) is 30.3. The summed E-state index contributed by atoms with van der Waals surface area (Å²) in [5.74, 6) is -0.557. The summed E-state index contributed by atoms with van der Waals surface area (Å²) in [4.78, 5) is 11.7.